The first-order chi connectivity index (χ1) is 8.11. The summed E-state index contributed by atoms with van der Waals surface area (Å²) in [5.41, 5.74) is 1.07. The minimum atomic E-state index is -0.161. The van der Waals surface area contributed by atoms with Gasteiger partial charge in [-0.05, 0) is 62.9 Å². The summed E-state index contributed by atoms with van der Waals surface area (Å²) in [6.07, 6.45) is 4.33. The Morgan fingerprint density at radius 1 is 1.35 bits per heavy atom. The van der Waals surface area contributed by atoms with Crippen LogP contribution in [0.1, 0.15) is 38.7 Å². The summed E-state index contributed by atoms with van der Waals surface area (Å²) < 4.78 is 14.0. The highest BCUT2D eigenvalue weighted by molar-refractivity contribution is 9.10. The predicted molar refractivity (Wildman–Crippen MR) is 74.8 cm³/mol. The zero-order chi connectivity index (χ0) is 12.7. The van der Waals surface area contributed by atoms with E-state index in [0.717, 1.165) is 35.8 Å². The van der Waals surface area contributed by atoms with Crippen LogP contribution < -0.4 is 5.32 Å². The monoisotopic (exact) mass is 301 g/mol. The second-order valence-electron chi connectivity index (χ2n) is 4.53. The maximum absolute atomic E-state index is 13.1. The zero-order valence-corrected chi connectivity index (χ0v) is 12.2. The zero-order valence-electron chi connectivity index (χ0n) is 10.6. The van der Waals surface area contributed by atoms with E-state index < -0.39 is 0 Å². The van der Waals surface area contributed by atoms with Crippen molar-refractivity contribution in [2.75, 3.05) is 6.54 Å². The third-order valence-corrected chi connectivity index (χ3v) is 3.23. The lowest BCUT2D eigenvalue weighted by Gasteiger charge is -2.12. The Morgan fingerprint density at radius 2 is 2.12 bits per heavy atom. The van der Waals surface area contributed by atoms with E-state index in [1.54, 1.807) is 6.07 Å². The highest BCUT2D eigenvalue weighted by atomic mass is 79.9. The first kappa shape index (κ1) is 14.7. The molecule has 0 spiro atoms. The lowest BCUT2D eigenvalue weighted by molar-refractivity contribution is 0.498. The van der Waals surface area contributed by atoms with Gasteiger partial charge in [0.25, 0.3) is 0 Å². The predicted octanol–water partition coefficient (Wildman–Crippen LogP) is 4.30. The Labute approximate surface area is 112 Å². The van der Waals surface area contributed by atoms with Crippen LogP contribution in [0, 0.1) is 5.82 Å². The maximum Gasteiger partial charge on any atom is 0.124 e. The molecule has 1 rings (SSSR count). The van der Waals surface area contributed by atoms with Gasteiger partial charge in [-0.15, -0.1) is 0 Å². The molecule has 0 fully saturated rings. The summed E-state index contributed by atoms with van der Waals surface area (Å²) in [6, 6.07) is 5.66. The van der Waals surface area contributed by atoms with Crippen LogP contribution in [0.4, 0.5) is 4.39 Å². The van der Waals surface area contributed by atoms with Gasteiger partial charge in [-0.3, -0.25) is 0 Å². The van der Waals surface area contributed by atoms with Gasteiger partial charge in [-0.25, -0.2) is 4.39 Å². The molecule has 1 aromatic rings. The fourth-order valence-electron chi connectivity index (χ4n) is 1.86. The minimum absolute atomic E-state index is 0.161. The van der Waals surface area contributed by atoms with E-state index in [0.29, 0.717) is 6.04 Å². The van der Waals surface area contributed by atoms with E-state index in [4.69, 9.17) is 0 Å². The van der Waals surface area contributed by atoms with E-state index in [1.807, 2.05) is 6.07 Å². The normalized spacial score (nSPS) is 12.7. The third kappa shape index (κ3) is 6.18. The molecule has 1 unspecified atom stereocenters. The molecule has 0 aliphatic heterocycles. The average Bonchev–Trinajstić information content (AvgIpc) is 2.25. The molecule has 0 aliphatic carbocycles. The number of rotatable bonds is 7. The number of aryl methyl sites for hydroxylation is 1. The molecule has 0 radical (unpaired) electrons. The van der Waals surface area contributed by atoms with Gasteiger partial charge >= 0.3 is 0 Å². The topological polar surface area (TPSA) is 12.0 Å². The lowest BCUT2D eigenvalue weighted by atomic mass is 10.1. The van der Waals surface area contributed by atoms with Gasteiger partial charge in [0.15, 0.2) is 0 Å². The molecule has 0 heterocycles. The summed E-state index contributed by atoms with van der Waals surface area (Å²) >= 11 is 3.32. The second-order valence-corrected chi connectivity index (χ2v) is 5.44. The van der Waals surface area contributed by atoms with Gasteiger partial charge in [0, 0.05) is 10.5 Å². The molecule has 0 aromatic heterocycles. The first-order valence-corrected chi connectivity index (χ1v) is 7.09. The molecule has 1 aromatic carbocycles. The highest BCUT2D eigenvalue weighted by Crippen LogP contribution is 2.16. The Balaban J connectivity index is 2.30. The number of benzene rings is 1. The fraction of sp³-hybridized carbons (Fsp3) is 0.571. The van der Waals surface area contributed by atoms with Gasteiger partial charge in [0.05, 0.1) is 0 Å². The van der Waals surface area contributed by atoms with Gasteiger partial charge in [-0.1, -0.05) is 22.9 Å². The Bertz CT molecular complexity index is 321. The first-order valence-electron chi connectivity index (χ1n) is 6.30. The van der Waals surface area contributed by atoms with Crippen LogP contribution in [-0.2, 0) is 6.42 Å². The van der Waals surface area contributed by atoms with Crippen molar-refractivity contribution in [1.82, 2.24) is 5.32 Å². The van der Waals surface area contributed by atoms with Crippen LogP contribution in [0.3, 0.4) is 0 Å². The molecular formula is C14H21BrFN. The molecule has 1 nitrogen and oxygen atoms in total. The molecule has 0 aliphatic rings. The van der Waals surface area contributed by atoms with E-state index in [-0.39, 0.29) is 5.82 Å². The van der Waals surface area contributed by atoms with Crippen molar-refractivity contribution in [3.05, 3.63) is 34.1 Å². The molecule has 17 heavy (non-hydrogen) atoms. The van der Waals surface area contributed by atoms with Gasteiger partial charge in [-0.2, -0.15) is 0 Å². The van der Waals surface area contributed by atoms with Crippen molar-refractivity contribution in [3.8, 4) is 0 Å². The second kappa shape index (κ2) is 7.83. The Morgan fingerprint density at radius 3 is 2.76 bits per heavy atom. The Hall–Kier alpha value is -0.410. The molecule has 0 saturated heterocycles. The van der Waals surface area contributed by atoms with Gasteiger partial charge < -0.3 is 5.32 Å². The lowest BCUT2D eigenvalue weighted by Crippen LogP contribution is -2.26. The third-order valence-electron chi connectivity index (χ3n) is 2.77. The summed E-state index contributed by atoms with van der Waals surface area (Å²) in [4.78, 5) is 0. The van der Waals surface area contributed by atoms with Crippen LogP contribution in [0.2, 0.25) is 0 Å². The SMILES string of the molecule is CCCNC(C)CCCc1cc(F)cc(Br)c1. The van der Waals surface area contributed by atoms with Crippen LogP contribution in [0.5, 0.6) is 0 Å². The van der Waals surface area contributed by atoms with Gasteiger partial charge in [0.1, 0.15) is 5.82 Å². The largest absolute Gasteiger partial charge is 0.314 e. The van der Waals surface area contributed by atoms with E-state index >= 15 is 0 Å². The molecule has 1 N–H and O–H groups in total. The summed E-state index contributed by atoms with van der Waals surface area (Å²) in [5, 5.41) is 3.46. The van der Waals surface area contributed by atoms with Crippen molar-refractivity contribution >= 4 is 15.9 Å². The van der Waals surface area contributed by atoms with E-state index in [1.165, 1.54) is 12.5 Å². The smallest absolute Gasteiger partial charge is 0.124 e. The molecule has 3 heteroatoms. The average molecular weight is 302 g/mol. The van der Waals surface area contributed by atoms with Crippen molar-refractivity contribution in [2.24, 2.45) is 0 Å². The van der Waals surface area contributed by atoms with Crippen molar-refractivity contribution in [2.45, 2.75) is 45.6 Å². The minimum Gasteiger partial charge on any atom is -0.314 e. The molecule has 0 amide bonds. The van der Waals surface area contributed by atoms with Crippen LogP contribution in [0.25, 0.3) is 0 Å². The number of hydrogen-bond acceptors (Lipinski definition) is 1. The quantitative estimate of drug-likeness (QED) is 0.792. The standard InChI is InChI=1S/C14H21BrFN/c1-3-7-17-11(2)5-4-6-12-8-13(15)10-14(16)9-12/h8-11,17H,3-7H2,1-2H3. The van der Waals surface area contributed by atoms with Crippen LogP contribution >= 0.6 is 15.9 Å². The molecule has 0 bridgehead atoms. The molecule has 1 atom stereocenters. The summed E-state index contributed by atoms with van der Waals surface area (Å²) in [6.45, 7) is 5.45. The van der Waals surface area contributed by atoms with Crippen molar-refractivity contribution in [3.63, 3.8) is 0 Å². The van der Waals surface area contributed by atoms with Gasteiger partial charge in [0.2, 0.25) is 0 Å². The van der Waals surface area contributed by atoms with E-state index in [9.17, 15) is 4.39 Å². The fourth-order valence-corrected chi connectivity index (χ4v) is 2.37. The van der Waals surface area contributed by atoms with Crippen molar-refractivity contribution in [1.29, 1.82) is 0 Å². The number of nitrogens with one attached hydrogen (secondary N) is 1. The number of hydrogen-bond donors (Lipinski definition) is 1. The molecular weight excluding hydrogens is 281 g/mol. The van der Waals surface area contributed by atoms with Crippen LogP contribution in [-0.4, -0.2) is 12.6 Å². The molecule has 96 valence electrons. The maximum atomic E-state index is 13.1. The van der Waals surface area contributed by atoms with Crippen molar-refractivity contribution < 1.29 is 4.39 Å². The molecule has 0 saturated carbocycles. The van der Waals surface area contributed by atoms with Crippen LogP contribution in [0.15, 0.2) is 22.7 Å². The number of halogens is 2. The highest BCUT2D eigenvalue weighted by Gasteiger charge is 2.02. The summed E-state index contributed by atoms with van der Waals surface area (Å²) in [7, 11) is 0. The Kier molecular flexibility index (Phi) is 6.75. The summed E-state index contributed by atoms with van der Waals surface area (Å²) in [5.74, 6) is -0.161. The van der Waals surface area contributed by atoms with E-state index in [2.05, 4.69) is 35.1 Å².